The minimum Gasteiger partial charge on any atom is -0.370 e. The number of aromatic nitrogens is 1. The van der Waals surface area contributed by atoms with Crippen LogP contribution < -0.4 is 5.32 Å². The van der Waals surface area contributed by atoms with Gasteiger partial charge in [-0.05, 0) is 44.8 Å². The number of nitrogens with zero attached hydrogens (tertiary/aromatic N) is 2. The van der Waals surface area contributed by atoms with Crippen molar-refractivity contribution in [2.45, 2.75) is 52.0 Å². The van der Waals surface area contributed by atoms with E-state index in [-0.39, 0.29) is 0 Å². The highest BCUT2D eigenvalue weighted by atomic mass is 15.2. The minimum absolute atomic E-state index is 0.569. The van der Waals surface area contributed by atoms with Crippen molar-refractivity contribution in [3.05, 3.63) is 23.9 Å². The summed E-state index contributed by atoms with van der Waals surface area (Å²) in [5, 5.41) is 3.48. The summed E-state index contributed by atoms with van der Waals surface area (Å²) in [5.74, 6) is 1.10. The van der Waals surface area contributed by atoms with Crippen molar-refractivity contribution in [2.24, 2.45) is 0 Å². The first kappa shape index (κ1) is 14.3. The first-order valence-electron chi connectivity index (χ1n) is 7.79. The second-order valence-electron chi connectivity index (χ2n) is 5.42. The highest BCUT2D eigenvalue weighted by Crippen LogP contribution is 2.35. The largest absolute Gasteiger partial charge is 0.370 e. The van der Waals surface area contributed by atoms with E-state index < -0.39 is 0 Å². The predicted molar refractivity (Wildman–Crippen MR) is 81.5 cm³/mol. The molecule has 2 rings (SSSR count). The molecule has 0 unspecified atom stereocenters. The van der Waals surface area contributed by atoms with Gasteiger partial charge in [-0.1, -0.05) is 26.3 Å². The lowest BCUT2D eigenvalue weighted by Gasteiger charge is -2.26. The average molecular weight is 261 g/mol. The summed E-state index contributed by atoms with van der Waals surface area (Å²) in [5.41, 5.74) is 1.39. The maximum absolute atomic E-state index is 4.54. The van der Waals surface area contributed by atoms with E-state index in [9.17, 15) is 0 Å². The monoisotopic (exact) mass is 261 g/mol. The van der Waals surface area contributed by atoms with E-state index in [0.717, 1.165) is 18.8 Å². The Labute approximate surface area is 117 Å². The number of hydrogen-bond donors (Lipinski definition) is 1. The molecular formula is C16H27N3. The zero-order chi connectivity index (χ0) is 13.5. The molecule has 1 saturated heterocycles. The van der Waals surface area contributed by atoms with Crippen LogP contribution in [0.4, 0.5) is 5.82 Å². The van der Waals surface area contributed by atoms with Crippen LogP contribution in [0, 0.1) is 0 Å². The number of anilines is 1. The summed E-state index contributed by atoms with van der Waals surface area (Å²) in [4.78, 5) is 7.17. The average Bonchev–Trinajstić information content (AvgIpc) is 2.91. The summed E-state index contributed by atoms with van der Waals surface area (Å²) in [6, 6.07) is 4.89. The Morgan fingerprint density at radius 2 is 2.26 bits per heavy atom. The molecule has 1 aromatic heterocycles. The Balaban J connectivity index is 2.10. The Bertz CT molecular complexity index is 378. The van der Waals surface area contributed by atoms with Crippen molar-refractivity contribution in [1.29, 1.82) is 0 Å². The molecule has 0 spiro atoms. The summed E-state index contributed by atoms with van der Waals surface area (Å²) < 4.78 is 0. The number of likely N-dealkylation sites (tertiary alicyclic amines) is 1. The van der Waals surface area contributed by atoms with Crippen LogP contribution >= 0.6 is 0 Å². The van der Waals surface area contributed by atoms with Gasteiger partial charge in [-0.15, -0.1) is 0 Å². The van der Waals surface area contributed by atoms with Gasteiger partial charge in [-0.3, -0.25) is 4.90 Å². The molecule has 1 aromatic rings. The van der Waals surface area contributed by atoms with Crippen molar-refractivity contribution < 1.29 is 0 Å². The lowest BCUT2D eigenvalue weighted by molar-refractivity contribution is 0.253. The SMILES string of the molecule is CCCCN1CCC[C@H]1c1cccnc1NCCC. The first-order valence-corrected chi connectivity index (χ1v) is 7.79. The number of nitrogens with one attached hydrogen (secondary N) is 1. The molecule has 1 atom stereocenters. The number of rotatable bonds is 7. The Hall–Kier alpha value is -1.09. The van der Waals surface area contributed by atoms with Crippen LogP contribution in [0.3, 0.4) is 0 Å². The topological polar surface area (TPSA) is 28.2 Å². The first-order chi connectivity index (χ1) is 9.36. The van der Waals surface area contributed by atoms with Crippen molar-refractivity contribution >= 4 is 5.82 Å². The summed E-state index contributed by atoms with van der Waals surface area (Å²) in [6.07, 6.45) is 8.20. The molecule has 1 fully saturated rings. The molecule has 0 saturated carbocycles. The van der Waals surface area contributed by atoms with E-state index in [1.807, 2.05) is 6.20 Å². The van der Waals surface area contributed by atoms with E-state index in [0.29, 0.717) is 6.04 Å². The predicted octanol–water partition coefficient (Wildman–Crippen LogP) is 3.84. The van der Waals surface area contributed by atoms with Crippen LogP contribution in [0.2, 0.25) is 0 Å². The van der Waals surface area contributed by atoms with Crippen LogP contribution in [-0.2, 0) is 0 Å². The Morgan fingerprint density at radius 3 is 3.05 bits per heavy atom. The Kier molecular flexibility index (Phi) is 5.64. The van der Waals surface area contributed by atoms with Crippen molar-refractivity contribution in [3.63, 3.8) is 0 Å². The second kappa shape index (κ2) is 7.49. The lowest BCUT2D eigenvalue weighted by atomic mass is 10.0. The molecule has 2 heterocycles. The van der Waals surface area contributed by atoms with Crippen LogP contribution in [0.15, 0.2) is 18.3 Å². The van der Waals surface area contributed by atoms with Gasteiger partial charge in [0.1, 0.15) is 5.82 Å². The van der Waals surface area contributed by atoms with Gasteiger partial charge in [0, 0.05) is 24.3 Å². The molecule has 1 aliphatic heterocycles. The van der Waals surface area contributed by atoms with Crippen LogP contribution in [-0.4, -0.2) is 29.5 Å². The maximum Gasteiger partial charge on any atom is 0.130 e. The smallest absolute Gasteiger partial charge is 0.130 e. The van der Waals surface area contributed by atoms with Crippen molar-refractivity contribution in [3.8, 4) is 0 Å². The van der Waals surface area contributed by atoms with Gasteiger partial charge in [0.25, 0.3) is 0 Å². The van der Waals surface area contributed by atoms with E-state index in [1.165, 1.54) is 44.3 Å². The zero-order valence-electron chi connectivity index (χ0n) is 12.4. The standard InChI is InChI=1S/C16H27N3/c1-3-5-12-19-13-7-9-15(19)14-8-6-11-18-16(14)17-10-4-2/h6,8,11,15H,3-5,7,9-10,12-13H2,1-2H3,(H,17,18)/t15-/m0/s1. The van der Waals surface area contributed by atoms with Crippen LogP contribution in [0.5, 0.6) is 0 Å². The third-order valence-corrected chi connectivity index (χ3v) is 3.90. The van der Waals surface area contributed by atoms with Gasteiger partial charge in [-0.2, -0.15) is 0 Å². The van der Waals surface area contributed by atoms with Gasteiger partial charge in [0.2, 0.25) is 0 Å². The highest BCUT2D eigenvalue weighted by Gasteiger charge is 2.27. The van der Waals surface area contributed by atoms with Crippen molar-refractivity contribution in [2.75, 3.05) is 25.0 Å². The normalized spacial score (nSPS) is 19.8. The third-order valence-electron chi connectivity index (χ3n) is 3.90. The number of unbranched alkanes of at least 4 members (excludes halogenated alkanes) is 1. The fraction of sp³-hybridized carbons (Fsp3) is 0.688. The maximum atomic E-state index is 4.54. The molecule has 106 valence electrons. The highest BCUT2D eigenvalue weighted by molar-refractivity contribution is 5.46. The molecule has 0 aromatic carbocycles. The van der Waals surface area contributed by atoms with Gasteiger partial charge in [0.05, 0.1) is 0 Å². The molecule has 0 radical (unpaired) electrons. The number of pyridine rings is 1. The molecule has 0 aliphatic carbocycles. The van der Waals surface area contributed by atoms with Gasteiger partial charge in [-0.25, -0.2) is 4.98 Å². The summed E-state index contributed by atoms with van der Waals surface area (Å²) in [7, 11) is 0. The van der Waals surface area contributed by atoms with E-state index in [1.54, 1.807) is 0 Å². The molecule has 0 bridgehead atoms. The van der Waals surface area contributed by atoms with Crippen LogP contribution in [0.25, 0.3) is 0 Å². The Morgan fingerprint density at radius 1 is 1.37 bits per heavy atom. The molecular weight excluding hydrogens is 234 g/mol. The molecule has 3 heteroatoms. The molecule has 3 nitrogen and oxygen atoms in total. The van der Waals surface area contributed by atoms with E-state index >= 15 is 0 Å². The molecule has 1 N–H and O–H groups in total. The zero-order valence-corrected chi connectivity index (χ0v) is 12.4. The third kappa shape index (κ3) is 3.69. The summed E-state index contributed by atoms with van der Waals surface area (Å²) >= 11 is 0. The fourth-order valence-corrected chi connectivity index (χ4v) is 2.88. The van der Waals surface area contributed by atoms with Crippen molar-refractivity contribution in [1.82, 2.24) is 9.88 Å². The van der Waals surface area contributed by atoms with Gasteiger partial charge in [0.15, 0.2) is 0 Å². The molecule has 19 heavy (non-hydrogen) atoms. The number of hydrogen-bond acceptors (Lipinski definition) is 3. The second-order valence-corrected chi connectivity index (χ2v) is 5.42. The quantitative estimate of drug-likeness (QED) is 0.808. The minimum atomic E-state index is 0.569. The van der Waals surface area contributed by atoms with Gasteiger partial charge >= 0.3 is 0 Å². The molecule has 0 amide bonds. The van der Waals surface area contributed by atoms with E-state index in [4.69, 9.17) is 0 Å². The van der Waals surface area contributed by atoms with Gasteiger partial charge < -0.3 is 5.32 Å². The van der Waals surface area contributed by atoms with Crippen LogP contribution in [0.1, 0.15) is 57.6 Å². The fourth-order valence-electron chi connectivity index (χ4n) is 2.88. The summed E-state index contributed by atoms with van der Waals surface area (Å²) in [6.45, 7) is 7.93. The molecule has 1 aliphatic rings. The van der Waals surface area contributed by atoms with E-state index in [2.05, 4.69) is 41.2 Å². The lowest BCUT2D eigenvalue weighted by Crippen LogP contribution is -2.25.